The van der Waals surface area contributed by atoms with E-state index < -0.39 is 48.1 Å². The van der Waals surface area contributed by atoms with E-state index in [0.29, 0.717) is 0 Å². The largest absolute Gasteiger partial charge is 0.481 e. The quantitative estimate of drug-likeness (QED) is 0.449. The van der Waals surface area contributed by atoms with Crippen molar-refractivity contribution < 1.29 is 39.6 Å². The Morgan fingerprint density at radius 3 is 1.47 bits per heavy atom. The zero-order valence-electron chi connectivity index (χ0n) is 8.91. The first-order valence-corrected chi connectivity index (χ1v) is 4.61. The van der Waals surface area contributed by atoms with Crippen LogP contribution >= 0.6 is 0 Å². The number of aliphatic carboxylic acids is 4. The Kier molecular flexibility index (Phi) is 4.62. The molecule has 0 saturated carbocycles. The topological polar surface area (TPSA) is 149 Å². The van der Waals surface area contributed by atoms with Crippen LogP contribution in [0.5, 0.6) is 0 Å². The van der Waals surface area contributed by atoms with Crippen LogP contribution < -0.4 is 0 Å². The molecule has 0 saturated heterocycles. The van der Waals surface area contributed by atoms with Gasteiger partial charge in [0.1, 0.15) is 0 Å². The minimum atomic E-state index is -2.40. The first-order chi connectivity index (χ1) is 7.69. The molecule has 96 valence electrons. The van der Waals surface area contributed by atoms with Crippen LogP contribution in [0.2, 0.25) is 0 Å². The third-order valence-electron chi connectivity index (χ3n) is 2.57. The Balaban J connectivity index is 5.37. The number of carboxylic acid groups (broad SMARTS) is 4. The highest BCUT2D eigenvalue weighted by Crippen LogP contribution is 2.31. The van der Waals surface area contributed by atoms with Gasteiger partial charge in [0.25, 0.3) is 0 Å². The van der Waals surface area contributed by atoms with Crippen molar-refractivity contribution in [2.24, 2.45) is 11.3 Å². The van der Waals surface area contributed by atoms with E-state index in [2.05, 4.69) is 0 Å². The number of carbonyl (C=O) groups is 4. The van der Waals surface area contributed by atoms with Gasteiger partial charge in [0.15, 0.2) is 11.3 Å². The van der Waals surface area contributed by atoms with Gasteiger partial charge in [0.05, 0.1) is 0 Å². The standard InChI is InChI=1S/C9H12O8/c1-2-9(7(14)15,8(16)17)3-4(5(10)11)6(12)13/h4H,2-3H2,1H3,(H,10,11)(H,12,13)(H,14,15)(H,16,17). The second-order valence-electron chi connectivity index (χ2n) is 3.48. The Hall–Kier alpha value is -2.12. The molecule has 0 aliphatic rings. The fraction of sp³-hybridized carbons (Fsp3) is 0.556. The summed E-state index contributed by atoms with van der Waals surface area (Å²) < 4.78 is 0. The van der Waals surface area contributed by atoms with E-state index in [1.807, 2.05) is 0 Å². The molecule has 0 radical (unpaired) electrons. The van der Waals surface area contributed by atoms with E-state index in [-0.39, 0.29) is 0 Å². The lowest BCUT2D eigenvalue weighted by Crippen LogP contribution is -2.43. The van der Waals surface area contributed by atoms with Gasteiger partial charge in [0.2, 0.25) is 0 Å². The Labute approximate surface area is 95.5 Å². The summed E-state index contributed by atoms with van der Waals surface area (Å²) in [5.41, 5.74) is -2.40. The molecule has 8 nitrogen and oxygen atoms in total. The molecule has 0 bridgehead atoms. The normalized spacial score (nSPS) is 11.2. The van der Waals surface area contributed by atoms with Gasteiger partial charge in [-0.1, -0.05) is 6.92 Å². The lowest BCUT2D eigenvalue weighted by Gasteiger charge is -2.24. The zero-order chi connectivity index (χ0) is 13.8. The summed E-state index contributed by atoms with van der Waals surface area (Å²) in [5, 5.41) is 34.9. The van der Waals surface area contributed by atoms with Crippen molar-refractivity contribution in [1.82, 2.24) is 0 Å². The first kappa shape index (κ1) is 14.9. The molecule has 4 N–H and O–H groups in total. The van der Waals surface area contributed by atoms with Crippen molar-refractivity contribution >= 4 is 23.9 Å². The van der Waals surface area contributed by atoms with E-state index in [9.17, 15) is 19.2 Å². The van der Waals surface area contributed by atoms with Gasteiger partial charge in [-0.3, -0.25) is 19.2 Å². The SMILES string of the molecule is CCC(CC(C(=O)O)C(=O)O)(C(=O)O)C(=O)O. The molecule has 0 aromatic heterocycles. The predicted octanol–water partition coefficient (Wildman–Crippen LogP) is -0.273. The van der Waals surface area contributed by atoms with Gasteiger partial charge in [-0.05, 0) is 12.8 Å². The summed E-state index contributed by atoms with van der Waals surface area (Å²) in [5.74, 6) is -9.10. The van der Waals surface area contributed by atoms with E-state index in [4.69, 9.17) is 20.4 Å². The fourth-order valence-electron chi connectivity index (χ4n) is 1.34. The van der Waals surface area contributed by atoms with Crippen molar-refractivity contribution in [2.45, 2.75) is 19.8 Å². The third-order valence-corrected chi connectivity index (χ3v) is 2.57. The summed E-state index contributed by atoms with van der Waals surface area (Å²) in [6.45, 7) is 1.24. The van der Waals surface area contributed by atoms with Crippen LogP contribution in [0.1, 0.15) is 19.8 Å². The van der Waals surface area contributed by atoms with Gasteiger partial charge < -0.3 is 20.4 Å². The van der Waals surface area contributed by atoms with Crippen LogP contribution in [0.15, 0.2) is 0 Å². The van der Waals surface area contributed by atoms with Crippen LogP contribution in [-0.4, -0.2) is 44.3 Å². The number of rotatable bonds is 7. The highest BCUT2D eigenvalue weighted by Gasteiger charge is 2.49. The van der Waals surface area contributed by atoms with Gasteiger partial charge in [-0.25, -0.2) is 0 Å². The van der Waals surface area contributed by atoms with E-state index in [0.717, 1.165) is 0 Å². The van der Waals surface area contributed by atoms with Crippen LogP contribution in [-0.2, 0) is 19.2 Å². The maximum absolute atomic E-state index is 10.9. The van der Waals surface area contributed by atoms with E-state index in [1.165, 1.54) is 6.92 Å². The fourth-order valence-corrected chi connectivity index (χ4v) is 1.34. The van der Waals surface area contributed by atoms with E-state index >= 15 is 0 Å². The summed E-state index contributed by atoms with van der Waals surface area (Å²) in [6, 6.07) is 0. The van der Waals surface area contributed by atoms with Crippen molar-refractivity contribution in [2.75, 3.05) is 0 Å². The lowest BCUT2D eigenvalue weighted by molar-refractivity contribution is -0.169. The molecular weight excluding hydrogens is 236 g/mol. The molecule has 0 aliphatic heterocycles. The van der Waals surface area contributed by atoms with Gasteiger partial charge in [0, 0.05) is 0 Å². The van der Waals surface area contributed by atoms with Gasteiger partial charge in [-0.15, -0.1) is 0 Å². The summed E-state index contributed by atoms with van der Waals surface area (Å²) in [6.07, 6.45) is -1.41. The molecule has 0 aromatic carbocycles. The smallest absolute Gasteiger partial charge is 0.321 e. The Morgan fingerprint density at radius 1 is 0.941 bits per heavy atom. The Bertz CT molecular complexity index is 330. The average molecular weight is 248 g/mol. The molecule has 0 atom stereocenters. The van der Waals surface area contributed by atoms with Crippen LogP contribution in [0, 0.1) is 11.3 Å². The molecule has 0 unspecified atom stereocenters. The van der Waals surface area contributed by atoms with Crippen LogP contribution in [0.4, 0.5) is 0 Å². The van der Waals surface area contributed by atoms with Gasteiger partial charge in [-0.2, -0.15) is 0 Å². The highest BCUT2D eigenvalue weighted by atomic mass is 16.4. The molecule has 0 aromatic rings. The van der Waals surface area contributed by atoms with Gasteiger partial charge >= 0.3 is 23.9 Å². The molecule has 0 fully saturated rings. The van der Waals surface area contributed by atoms with Crippen molar-refractivity contribution in [3.05, 3.63) is 0 Å². The predicted molar refractivity (Wildman–Crippen MR) is 51.4 cm³/mol. The zero-order valence-corrected chi connectivity index (χ0v) is 8.91. The summed E-state index contributed by atoms with van der Waals surface area (Å²) >= 11 is 0. The number of carboxylic acids is 4. The average Bonchev–Trinajstić information content (AvgIpc) is 2.17. The molecule has 0 heterocycles. The monoisotopic (exact) mass is 248 g/mol. The maximum atomic E-state index is 10.9. The molecule has 0 rings (SSSR count). The first-order valence-electron chi connectivity index (χ1n) is 4.61. The lowest BCUT2D eigenvalue weighted by atomic mass is 9.77. The maximum Gasteiger partial charge on any atom is 0.321 e. The minimum Gasteiger partial charge on any atom is -0.481 e. The van der Waals surface area contributed by atoms with Crippen LogP contribution in [0.25, 0.3) is 0 Å². The Morgan fingerprint density at radius 2 is 1.29 bits per heavy atom. The molecule has 0 amide bonds. The summed E-state index contributed by atoms with van der Waals surface area (Å²) in [4.78, 5) is 43.0. The molecule has 8 heteroatoms. The number of hydrogen-bond donors (Lipinski definition) is 4. The molecule has 17 heavy (non-hydrogen) atoms. The second kappa shape index (κ2) is 5.28. The van der Waals surface area contributed by atoms with Crippen LogP contribution in [0.3, 0.4) is 0 Å². The van der Waals surface area contributed by atoms with Crippen molar-refractivity contribution in [3.63, 3.8) is 0 Å². The third kappa shape index (κ3) is 2.92. The van der Waals surface area contributed by atoms with Crippen molar-refractivity contribution in [1.29, 1.82) is 0 Å². The van der Waals surface area contributed by atoms with E-state index in [1.54, 1.807) is 0 Å². The summed E-state index contributed by atoms with van der Waals surface area (Å²) in [7, 11) is 0. The molecule has 0 spiro atoms. The van der Waals surface area contributed by atoms with Crippen molar-refractivity contribution in [3.8, 4) is 0 Å². The minimum absolute atomic E-state index is 0.408. The molecule has 0 aliphatic carbocycles. The highest BCUT2D eigenvalue weighted by molar-refractivity contribution is 6.01. The number of hydrogen-bond acceptors (Lipinski definition) is 4. The second-order valence-corrected chi connectivity index (χ2v) is 3.48. The molecular formula is C9H12O8.